The second kappa shape index (κ2) is 5.34. The van der Waals surface area contributed by atoms with Gasteiger partial charge in [0.15, 0.2) is 0 Å². The van der Waals surface area contributed by atoms with Gasteiger partial charge in [-0.1, -0.05) is 25.5 Å². The second-order valence-corrected chi connectivity index (χ2v) is 3.62. The third kappa shape index (κ3) is 2.75. The summed E-state index contributed by atoms with van der Waals surface area (Å²) < 4.78 is 10.5. The maximum Gasteiger partial charge on any atom is 0.434 e. The summed E-state index contributed by atoms with van der Waals surface area (Å²) in [5, 5.41) is 6.02. The molecule has 0 aliphatic heterocycles. The predicted molar refractivity (Wildman–Crippen MR) is 63.0 cm³/mol. The molecule has 0 amide bonds. The minimum absolute atomic E-state index is 0.252. The van der Waals surface area contributed by atoms with E-state index >= 15 is 0 Å². The molecule has 5 heteroatoms. The molecule has 0 saturated heterocycles. The molecule has 0 bridgehead atoms. The molecular formula is C12H14N2O3. The van der Waals surface area contributed by atoms with E-state index < -0.39 is 5.76 Å². The zero-order valence-corrected chi connectivity index (χ0v) is 9.60. The van der Waals surface area contributed by atoms with Crippen LogP contribution in [-0.4, -0.2) is 16.8 Å². The van der Waals surface area contributed by atoms with Gasteiger partial charge in [0, 0.05) is 0 Å². The molecule has 0 unspecified atom stereocenters. The Kier molecular flexibility index (Phi) is 3.59. The minimum atomic E-state index is -0.566. The molecule has 0 atom stereocenters. The van der Waals surface area contributed by atoms with Crippen molar-refractivity contribution in [2.45, 2.75) is 19.8 Å². The molecule has 0 spiro atoms. The summed E-state index contributed by atoms with van der Waals surface area (Å²) in [6.45, 7) is 2.74. The molecular weight excluding hydrogens is 220 g/mol. The number of nitrogens with one attached hydrogen (secondary N) is 1. The second-order valence-electron chi connectivity index (χ2n) is 3.62. The minimum Gasteiger partial charge on any atom is -0.493 e. The zero-order valence-electron chi connectivity index (χ0n) is 9.60. The number of aromatic amines is 1. The van der Waals surface area contributed by atoms with Crippen molar-refractivity contribution >= 4 is 0 Å². The van der Waals surface area contributed by atoms with E-state index in [2.05, 4.69) is 17.1 Å². The van der Waals surface area contributed by atoms with E-state index in [1.54, 1.807) is 6.07 Å². The number of hydrogen-bond acceptors (Lipinski definition) is 4. The van der Waals surface area contributed by atoms with Crippen molar-refractivity contribution in [3.05, 3.63) is 34.8 Å². The van der Waals surface area contributed by atoms with Gasteiger partial charge in [0.2, 0.25) is 0 Å². The number of para-hydroxylation sites is 1. The van der Waals surface area contributed by atoms with E-state index in [1.807, 2.05) is 18.2 Å². The molecule has 0 aliphatic carbocycles. The first-order chi connectivity index (χ1) is 8.31. The van der Waals surface area contributed by atoms with Crippen LogP contribution in [0.4, 0.5) is 0 Å². The lowest BCUT2D eigenvalue weighted by atomic mass is 10.2. The lowest BCUT2D eigenvalue weighted by molar-refractivity contribution is 0.309. The van der Waals surface area contributed by atoms with Crippen LogP contribution < -0.4 is 10.5 Å². The summed E-state index contributed by atoms with van der Waals surface area (Å²) >= 11 is 0. The maximum absolute atomic E-state index is 10.9. The standard InChI is InChI=1S/C12H14N2O3/c1-2-3-8-16-10-7-5-4-6-9(10)11-13-14-12(15)17-11/h4-7H,2-3,8H2,1H3,(H,14,15). The maximum atomic E-state index is 10.9. The monoisotopic (exact) mass is 234 g/mol. The highest BCUT2D eigenvalue weighted by atomic mass is 16.5. The van der Waals surface area contributed by atoms with E-state index in [1.165, 1.54) is 0 Å². The van der Waals surface area contributed by atoms with Crippen LogP contribution in [0, 0.1) is 0 Å². The number of benzene rings is 1. The van der Waals surface area contributed by atoms with Crippen molar-refractivity contribution in [1.82, 2.24) is 10.2 Å². The van der Waals surface area contributed by atoms with Crippen LogP contribution >= 0.6 is 0 Å². The van der Waals surface area contributed by atoms with Crippen LogP contribution in [0.5, 0.6) is 5.75 Å². The van der Waals surface area contributed by atoms with Crippen LogP contribution in [0.3, 0.4) is 0 Å². The summed E-state index contributed by atoms with van der Waals surface area (Å²) in [4.78, 5) is 10.9. The van der Waals surface area contributed by atoms with Crippen molar-refractivity contribution in [3.8, 4) is 17.2 Å². The highest BCUT2D eigenvalue weighted by Crippen LogP contribution is 2.27. The fraction of sp³-hybridized carbons (Fsp3) is 0.333. The average molecular weight is 234 g/mol. The molecule has 5 nitrogen and oxygen atoms in total. The highest BCUT2D eigenvalue weighted by Gasteiger charge is 2.11. The fourth-order valence-electron chi connectivity index (χ4n) is 1.44. The normalized spacial score (nSPS) is 10.4. The number of nitrogens with zero attached hydrogens (tertiary/aromatic N) is 1. The molecule has 1 aromatic heterocycles. The lowest BCUT2D eigenvalue weighted by Gasteiger charge is -2.07. The average Bonchev–Trinajstić information content (AvgIpc) is 2.77. The first-order valence-corrected chi connectivity index (χ1v) is 5.59. The van der Waals surface area contributed by atoms with E-state index in [9.17, 15) is 4.79 Å². The van der Waals surface area contributed by atoms with E-state index in [4.69, 9.17) is 9.15 Å². The Balaban J connectivity index is 2.24. The van der Waals surface area contributed by atoms with Gasteiger partial charge in [-0.25, -0.2) is 9.89 Å². The Morgan fingerprint density at radius 2 is 2.24 bits per heavy atom. The van der Waals surface area contributed by atoms with Crippen molar-refractivity contribution in [1.29, 1.82) is 0 Å². The number of H-pyrrole nitrogens is 1. The van der Waals surface area contributed by atoms with Crippen molar-refractivity contribution in [2.75, 3.05) is 6.61 Å². The molecule has 2 rings (SSSR count). The molecule has 1 N–H and O–H groups in total. The summed E-state index contributed by atoms with van der Waals surface area (Å²) in [5.41, 5.74) is 0.682. The van der Waals surface area contributed by atoms with Crippen LogP contribution in [0.25, 0.3) is 11.5 Å². The molecule has 90 valence electrons. The van der Waals surface area contributed by atoms with Gasteiger partial charge in [0.05, 0.1) is 12.2 Å². The number of aromatic nitrogens is 2. The highest BCUT2D eigenvalue weighted by molar-refractivity contribution is 5.61. The Morgan fingerprint density at radius 3 is 2.94 bits per heavy atom. The first kappa shape index (κ1) is 11.4. The molecule has 1 aromatic carbocycles. The van der Waals surface area contributed by atoms with Crippen molar-refractivity contribution < 1.29 is 9.15 Å². The summed E-state index contributed by atoms with van der Waals surface area (Å²) in [7, 11) is 0. The number of hydrogen-bond donors (Lipinski definition) is 1. The number of rotatable bonds is 5. The molecule has 2 aromatic rings. The molecule has 0 aliphatic rings. The van der Waals surface area contributed by atoms with Gasteiger partial charge in [-0.15, -0.1) is 5.10 Å². The van der Waals surface area contributed by atoms with Gasteiger partial charge in [-0.05, 0) is 18.6 Å². The Bertz CT molecular complexity index is 530. The van der Waals surface area contributed by atoms with Gasteiger partial charge >= 0.3 is 5.76 Å². The van der Waals surface area contributed by atoms with Gasteiger partial charge in [-0.2, -0.15) is 0 Å². The molecule has 1 heterocycles. The van der Waals surface area contributed by atoms with Gasteiger partial charge < -0.3 is 9.15 Å². The van der Waals surface area contributed by atoms with Crippen molar-refractivity contribution in [3.63, 3.8) is 0 Å². The lowest BCUT2D eigenvalue weighted by Crippen LogP contribution is -1.98. The third-order valence-electron chi connectivity index (χ3n) is 2.31. The first-order valence-electron chi connectivity index (χ1n) is 5.59. The quantitative estimate of drug-likeness (QED) is 0.805. The molecule has 0 fully saturated rings. The third-order valence-corrected chi connectivity index (χ3v) is 2.31. The molecule has 0 saturated carbocycles. The summed E-state index contributed by atoms with van der Waals surface area (Å²) in [6, 6.07) is 7.35. The van der Waals surface area contributed by atoms with Crippen LogP contribution in [0.2, 0.25) is 0 Å². The fourth-order valence-corrected chi connectivity index (χ4v) is 1.44. The summed E-state index contributed by atoms with van der Waals surface area (Å²) in [6.07, 6.45) is 2.05. The zero-order chi connectivity index (χ0) is 12.1. The van der Waals surface area contributed by atoms with Crippen LogP contribution in [0.1, 0.15) is 19.8 Å². The van der Waals surface area contributed by atoms with Crippen LogP contribution in [-0.2, 0) is 0 Å². The topological polar surface area (TPSA) is 68.1 Å². The smallest absolute Gasteiger partial charge is 0.434 e. The van der Waals surface area contributed by atoms with Gasteiger partial charge in [0.25, 0.3) is 5.89 Å². The van der Waals surface area contributed by atoms with Gasteiger partial charge in [0.1, 0.15) is 5.75 Å². The Hall–Kier alpha value is -2.04. The van der Waals surface area contributed by atoms with Gasteiger partial charge in [-0.3, -0.25) is 0 Å². The van der Waals surface area contributed by atoms with E-state index in [-0.39, 0.29) is 5.89 Å². The van der Waals surface area contributed by atoms with Crippen molar-refractivity contribution in [2.24, 2.45) is 0 Å². The molecule has 17 heavy (non-hydrogen) atoms. The van der Waals surface area contributed by atoms with E-state index in [0.717, 1.165) is 12.8 Å². The Labute approximate surface area is 98.4 Å². The number of ether oxygens (including phenoxy) is 1. The SMILES string of the molecule is CCCCOc1ccccc1-c1n[nH]c(=O)o1. The largest absolute Gasteiger partial charge is 0.493 e. The van der Waals surface area contributed by atoms with E-state index in [0.29, 0.717) is 17.9 Å². The Morgan fingerprint density at radius 1 is 1.41 bits per heavy atom. The predicted octanol–water partition coefficient (Wildman–Crippen LogP) is 2.21. The van der Waals surface area contributed by atoms with Crippen LogP contribution in [0.15, 0.2) is 33.5 Å². The summed E-state index contributed by atoms with van der Waals surface area (Å²) in [5.74, 6) is 0.363. The molecule has 0 radical (unpaired) electrons. The number of unbranched alkanes of at least 4 members (excludes halogenated alkanes) is 1.